The Bertz CT molecular complexity index is 3100. The minimum atomic E-state index is -3.63. The predicted octanol–water partition coefficient (Wildman–Crippen LogP) is 12.5. The molecule has 18 nitrogen and oxygen atoms in total. The van der Waals surface area contributed by atoms with E-state index < -0.39 is 60.8 Å². The molecule has 0 amide bonds. The molecule has 2 aromatic heterocycles. The maximum absolute atomic E-state index is 13.8. The molecule has 2 fully saturated rings. The molecule has 6 rings (SSSR count). The van der Waals surface area contributed by atoms with E-state index in [9.17, 15) is 35.2 Å². The summed E-state index contributed by atoms with van der Waals surface area (Å²) >= 11 is 3.48. The Kier molecular flexibility index (Phi) is 25.4. The molecule has 0 saturated carbocycles. The lowest BCUT2D eigenvalue weighted by atomic mass is 9.97. The van der Waals surface area contributed by atoms with Gasteiger partial charge in [-0.25, -0.2) is 54.2 Å². The van der Waals surface area contributed by atoms with Crippen LogP contribution >= 0.6 is 39.9 Å². The molecule has 2 aromatic carbocycles. The monoisotopic (exact) mass is 1360 g/mol. The zero-order valence-electron chi connectivity index (χ0n) is 50.3. The van der Waals surface area contributed by atoms with Gasteiger partial charge in [0.1, 0.15) is 22.8 Å². The van der Waals surface area contributed by atoms with Gasteiger partial charge in [-0.3, -0.25) is 9.59 Å². The van der Waals surface area contributed by atoms with E-state index in [-0.39, 0.29) is 90.5 Å². The molecule has 4 heterocycles. The van der Waals surface area contributed by atoms with Gasteiger partial charge in [-0.2, -0.15) is 0 Å². The quantitative estimate of drug-likeness (QED) is 0.0614. The van der Waals surface area contributed by atoms with Gasteiger partial charge in [0.25, 0.3) is 0 Å². The van der Waals surface area contributed by atoms with Gasteiger partial charge in [-0.15, -0.1) is 30.6 Å². The maximum Gasteiger partial charge on any atom is 0.308 e. The van der Waals surface area contributed by atoms with Crippen LogP contribution in [0, 0.1) is 11.6 Å². The number of hydrogen-bond donors (Lipinski definition) is 0. The van der Waals surface area contributed by atoms with Crippen molar-refractivity contribution >= 4 is 89.9 Å². The summed E-state index contributed by atoms with van der Waals surface area (Å²) in [6, 6.07) is 11.7. The predicted molar refractivity (Wildman–Crippen MR) is 330 cm³/mol. The van der Waals surface area contributed by atoms with Crippen molar-refractivity contribution in [3.63, 3.8) is 0 Å². The summed E-state index contributed by atoms with van der Waals surface area (Å²) in [7, 11) is -4.32. The van der Waals surface area contributed by atoms with Crippen molar-refractivity contribution in [2.45, 2.75) is 182 Å². The molecule has 2 saturated heterocycles. The number of hydrogen-bond acceptors (Lipinski definition) is 16. The molecule has 4 atom stereocenters. The molecule has 0 aliphatic carbocycles. The van der Waals surface area contributed by atoms with Gasteiger partial charge in [-0.05, 0) is 146 Å². The molecule has 82 heavy (non-hydrogen) atoms. The fourth-order valence-corrected chi connectivity index (χ4v) is 9.89. The molecule has 0 unspecified atom stereocenters. The van der Waals surface area contributed by atoms with E-state index in [1.807, 2.05) is 95.2 Å². The second-order valence-corrected chi connectivity index (χ2v) is 28.1. The van der Waals surface area contributed by atoms with Gasteiger partial charge in [0, 0.05) is 43.6 Å². The highest BCUT2D eigenvalue weighted by Gasteiger charge is 2.38. The third-order valence-electron chi connectivity index (χ3n) is 11.8. The van der Waals surface area contributed by atoms with Crippen molar-refractivity contribution in [1.82, 2.24) is 19.9 Å². The van der Waals surface area contributed by atoms with Crippen LogP contribution in [0.15, 0.2) is 71.7 Å². The van der Waals surface area contributed by atoms with Crippen LogP contribution in [-0.4, -0.2) is 123 Å². The lowest BCUT2D eigenvalue weighted by Crippen LogP contribution is -2.45. The van der Waals surface area contributed by atoms with Crippen molar-refractivity contribution < 1.29 is 63.6 Å². The fraction of sp³-hybridized carbons (Fsp3) is 0.552. The average molecular weight is 1360 g/mol. The van der Waals surface area contributed by atoms with Gasteiger partial charge >= 0.3 is 11.9 Å². The van der Waals surface area contributed by atoms with E-state index in [0.717, 1.165) is 21.1 Å². The summed E-state index contributed by atoms with van der Waals surface area (Å²) < 4.78 is 112. The van der Waals surface area contributed by atoms with Crippen LogP contribution in [0.1, 0.15) is 151 Å². The highest BCUT2D eigenvalue weighted by molar-refractivity contribution is 14.0. The smallest absolute Gasteiger partial charge is 0.308 e. The van der Waals surface area contributed by atoms with Crippen LogP contribution in [0.5, 0.6) is 0 Å². The number of nitrogens with zero attached hydrogens (tertiary/aromatic N) is 6. The number of carbonyl (C=O) groups excluding carboxylic acids is 2. The Balaban J connectivity index is 0.000000354. The molecule has 24 heteroatoms. The first kappa shape index (κ1) is 71.7. The molecule has 0 radical (unpaired) electrons. The summed E-state index contributed by atoms with van der Waals surface area (Å²) in [5.41, 5.74) is 3.15. The van der Waals surface area contributed by atoms with Crippen molar-refractivity contribution in [2.75, 3.05) is 35.2 Å². The number of benzene rings is 2. The van der Waals surface area contributed by atoms with Gasteiger partial charge in [0.05, 0.1) is 77.0 Å². The summed E-state index contributed by atoms with van der Waals surface area (Å²) in [6.07, 6.45) is 7.89. The van der Waals surface area contributed by atoms with Crippen LogP contribution in [0.4, 0.5) is 20.7 Å². The summed E-state index contributed by atoms with van der Waals surface area (Å²) in [5, 5.41) is 0. The topological polar surface area (TPSA) is 216 Å². The number of carbonyl (C=O) groups is 2. The number of sulfonamides is 2. The first-order chi connectivity index (χ1) is 37.1. The van der Waals surface area contributed by atoms with Crippen LogP contribution in [0.2, 0.25) is 0 Å². The first-order valence-corrected chi connectivity index (χ1v) is 30.9. The van der Waals surface area contributed by atoms with E-state index in [0.29, 0.717) is 56.8 Å². The first-order valence-electron chi connectivity index (χ1n) is 26.4. The van der Waals surface area contributed by atoms with E-state index in [2.05, 4.69) is 42.4 Å². The number of anilines is 2. The molecular weight excluding hydrogens is 1280 g/mol. The Labute approximate surface area is 509 Å². The maximum atomic E-state index is 13.8. The largest absolute Gasteiger partial charge is 0.460 e. The highest BCUT2D eigenvalue weighted by atomic mass is 127. The van der Waals surface area contributed by atoms with Gasteiger partial charge in [0.2, 0.25) is 31.9 Å². The molecule has 0 N–H and O–H groups in total. The third kappa shape index (κ3) is 22.5. The van der Waals surface area contributed by atoms with Crippen molar-refractivity contribution in [2.24, 2.45) is 0 Å². The number of rotatable bonds is 15. The standard InChI is InChI=1S/C29H40FN3O6S.C15H17BrFN3O2S.C14H24O4.HI/c1-18(2)25-23(15-14-21-16-22(38-29(6,7)37-21)17-24(34)39-28(3,4)5)26(19-10-12-20(30)13-11-19)32-27(31-25)33(8)40(9,35)36;1-9(2)13-12(16)14(10-5-7-11(17)8-6-10)19-15(18-13)20(3)23(4,21)22;1-7-10-8-11(17-14(5,6)16-10)9-12(15)18-13(2,3)4;/h10-15,18,21-22H,16-17H2,1-9H3;5-9H,1-4H3;7,10-11H,1,8-9H2,2-6H3;1H/b15-14+;;;/t21-,22-;;10-,11-;/m1.1./s1. The van der Waals surface area contributed by atoms with E-state index in [4.69, 9.17) is 28.4 Å². The van der Waals surface area contributed by atoms with E-state index in [1.165, 1.54) is 38.4 Å². The van der Waals surface area contributed by atoms with Gasteiger partial charge in [-0.1, -0.05) is 45.9 Å². The molecule has 2 aliphatic rings. The zero-order valence-corrected chi connectivity index (χ0v) is 55.8. The van der Waals surface area contributed by atoms with Crippen LogP contribution in [0.3, 0.4) is 0 Å². The van der Waals surface area contributed by atoms with Gasteiger partial charge in [0.15, 0.2) is 11.6 Å². The Morgan fingerprint density at radius 2 is 1.04 bits per heavy atom. The van der Waals surface area contributed by atoms with E-state index >= 15 is 0 Å². The second-order valence-electron chi connectivity index (χ2n) is 23.3. The number of esters is 2. The van der Waals surface area contributed by atoms with Crippen molar-refractivity contribution in [3.05, 3.63) is 100 Å². The Morgan fingerprint density at radius 3 is 1.41 bits per heavy atom. The third-order valence-corrected chi connectivity index (χ3v) is 14.9. The van der Waals surface area contributed by atoms with Crippen molar-refractivity contribution in [1.29, 1.82) is 0 Å². The molecule has 0 bridgehead atoms. The normalized spacial score (nSPS) is 19.0. The SMILES string of the molecule is C=C[C@@H]1C[C@H](CC(=O)OC(C)(C)C)OC(C)(C)O1.CC(C)c1nc(N(C)S(C)(=O)=O)nc(-c2ccc(F)cc2)c1/C=C/[C@@H]1C[C@H](CC(=O)OC(C)(C)C)OC(C)(C)O1.CC(C)c1nc(N(C)S(C)(=O)=O)nc(-c2ccc(F)cc2)c1Br.I. The lowest BCUT2D eigenvalue weighted by Gasteiger charge is -2.39. The highest BCUT2D eigenvalue weighted by Crippen LogP contribution is 2.37. The number of halogens is 4. The minimum absolute atomic E-state index is 0. The molecule has 4 aromatic rings. The number of ether oxygens (including phenoxy) is 6. The molecule has 456 valence electrons. The van der Waals surface area contributed by atoms with Gasteiger partial charge < -0.3 is 28.4 Å². The lowest BCUT2D eigenvalue weighted by molar-refractivity contribution is -0.291. The molecule has 2 aliphatic heterocycles. The Hall–Kier alpha value is -4.57. The van der Waals surface area contributed by atoms with Crippen molar-refractivity contribution in [3.8, 4) is 22.5 Å². The second kappa shape index (κ2) is 29.0. The minimum Gasteiger partial charge on any atom is -0.460 e. The fourth-order valence-electron chi connectivity index (χ4n) is 8.27. The van der Waals surface area contributed by atoms with Crippen LogP contribution in [-0.2, 0) is 58.1 Å². The van der Waals surface area contributed by atoms with E-state index in [1.54, 1.807) is 44.2 Å². The Morgan fingerprint density at radius 1 is 0.671 bits per heavy atom. The van der Waals surface area contributed by atoms with Crippen LogP contribution in [0.25, 0.3) is 28.6 Å². The zero-order chi connectivity index (χ0) is 61.4. The average Bonchev–Trinajstić information content (AvgIpc) is 3.31. The summed E-state index contributed by atoms with van der Waals surface area (Å²) in [5.74, 6) is -2.92. The molecule has 0 spiro atoms. The summed E-state index contributed by atoms with van der Waals surface area (Å²) in [4.78, 5) is 42.1. The summed E-state index contributed by atoms with van der Waals surface area (Å²) in [6.45, 7) is 29.8. The molecular formula is C58H82BrF2IN6O12S2. The number of aromatic nitrogens is 4. The van der Waals surface area contributed by atoms with Crippen LogP contribution < -0.4 is 8.61 Å².